The summed E-state index contributed by atoms with van der Waals surface area (Å²) in [6.45, 7) is 6.58. The molecule has 0 N–H and O–H groups in total. The zero-order chi connectivity index (χ0) is 16.9. The summed E-state index contributed by atoms with van der Waals surface area (Å²) in [6.07, 6.45) is 0. The Labute approximate surface area is 141 Å². The molecule has 0 bridgehead atoms. The van der Waals surface area contributed by atoms with Gasteiger partial charge in [0.25, 0.3) is 0 Å². The maximum atomic E-state index is 13.1. The minimum absolute atomic E-state index is 0.262. The summed E-state index contributed by atoms with van der Waals surface area (Å²) in [5, 5.41) is 0. The Morgan fingerprint density at radius 1 is 1.00 bits per heavy atom. The number of hydrogen-bond donors (Lipinski definition) is 0. The van der Waals surface area contributed by atoms with E-state index >= 15 is 0 Å². The molecule has 3 nitrogen and oxygen atoms in total. The number of nitrogens with zero attached hydrogens (tertiary/aromatic N) is 2. The van der Waals surface area contributed by atoms with E-state index in [0.29, 0.717) is 5.89 Å². The minimum Gasteiger partial charge on any atom is -0.441 e. The number of benzene rings is 2. The molecule has 1 heterocycles. The topological polar surface area (TPSA) is 29.3 Å². The van der Waals surface area contributed by atoms with Gasteiger partial charge in [-0.2, -0.15) is 0 Å². The fraction of sp³-hybridized carbons (Fsp3) is 0.250. The summed E-state index contributed by atoms with van der Waals surface area (Å²) < 4.78 is 18.8. The minimum atomic E-state index is -0.262. The third kappa shape index (κ3) is 3.89. The Bertz CT molecular complexity index is 781. The first-order valence-corrected chi connectivity index (χ1v) is 8.14. The first kappa shape index (κ1) is 16.4. The van der Waals surface area contributed by atoms with Crippen molar-refractivity contribution in [2.75, 3.05) is 6.54 Å². The second-order valence-electron chi connectivity index (χ2n) is 5.82. The lowest BCUT2D eigenvalue weighted by atomic mass is 10.2. The predicted molar refractivity (Wildman–Crippen MR) is 92.9 cm³/mol. The first-order valence-electron chi connectivity index (χ1n) is 8.14. The van der Waals surface area contributed by atoms with Crippen LogP contribution in [0.15, 0.2) is 59.0 Å². The monoisotopic (exact) mass is 324 g/mol. The summed E-state index contributed by atoms with van der Waals surface area (Å²) >= 11 is 0. The Morgan fingerprint density at radius 3 is 2.38 bits per heavy atom. The van der Waals surface area contributed by atoms with E-state index < -0.39 is 0 Å². The van der Waals surface area contributed by atoms with Crippen molar-refractivity contribution in [3.05, 3.63) is 77.4 Å². The summed E-state index contributed by atoms with van der Waals surface area (Å²) in [5.74, 6) is 1.08. The van der Waals surface area contributed by atoms with Crippen molar-refractivity contribution >= 4 is 0 Å². The molecule has 0 aliphatic heterocycles. The molecule has 0 atom stereocenters. The van der Waals surface area contributed by atoms with Crippen molar-refractivity contribution in [1.29, 1.82) is 0 Å². The molecule has 0 aliphatic carbocycles. The second-order valence-corrected chi connectivity index (χ2v) is 5.82. The Balaban J connectivity index is 1.75. The molecule has 4 heteroatoms. The van der Waals surface area contributed by atoms with Crippen LogP contribution in [0.3, 0.4) is 0 Å². The van der Waals surface area contributed by atoms with Crippen molar-refractivity contribution in [3.63, 3.8) is 0 Å². The largest absolute Gasteiger partial charge is 0.441 e. The molecular formula is C20H21FN2O. The van der Waals surface area contributed by atoms with Gasteiger partial charge in [0.05, 0.1) is 5.69 Å². The fourth-order valence-electron chi connectivity index (χ4n) is 2.62. The maximum Gasteiger partial charge on any atom is 0.226 e. The average Bonchev–Trinajstić information content (AvgIpc) is 2.96. The summed E-state index contributed by atoms with van der Waals surface area (Å²) in [6, 6.07) is 16.6. The molecule has 0 spiro atoms. The molecule has 0 saturated heterocycles. The van der Waals surface area contributed by atoms with Gasteiger partial charge in [-0.25, -0.2) is 9.37 Å². The second kappa shape index (κ2) is 7.41. The van der Waals surface area contributed by atoms with Gasteiger partial charge >= 0.3 is 0 Å². The van der Waals surface area contributed by atoms with Crippen LogP contribution >= 0.6 is 0 Å². The van der Waals surface area contributed by atoms with Crippen LogP contribution in [0.4, 0.5) is 4.39 Å². The Kier molecular flexibility index (Phi) is 5.06. The third-order valence-corrected chi connectivity index (χ3v) is 4.05. The highest BCUT2D eigenvalue weighted by atomic mass is 19.1. The quantitative estimate of drug-likeness (QED) is 0.651. The van der Waals surface area contributed by atoms with Crippen LogP contribution in [-0.2, 0) is 13.1 Å². The van der Waals surface area contributed by atoms with Crippen LogP contribution in [-0.4, -0.2) is 16.4 Å². The number of halogens is 1. The molecule has 1 aromatic heterocycles. The summed E-state index contributed by atoms with van der Waals surface area (Å²) in [7, 11) is 0. The fourth-order valence-corrected chi connectivity index (χ4v) is 2.62. The van der Waals surface area contributed by atoms with Gasteiger partial charge in [-0.3, -0.25) is 4.90 Å². The van der Waals surface area contributed by atoms with E-state index in [9.17, 15) is 4.39 Å². The molecule has 0 amide bonds. The van der Waals surface area contributed by atoms with Gasteiger partial charge < -0.3 is 4.42 Å². The van der Waals surface area contributed by atoms with E-state index in [1.54, 1.807) is 12.1 Å². The highest BCUT2D eigenvalue weighted by Crippen LogP contribution is 2.23. The summed E-state index contributed by atoms with van der Waals surface area (Å²) in [4.78, 5) is 6.92. The van der Waals surface area contributed by atoms with Gasteiger partial charge in [0.2, 0.25) is 5.89 Å². The van der Waals surface area contributed by atoms with E-state index in [-0.39, 0.29) is 5.82 Å². The van der Waals surface area contributed by atoms with Crippen molar-refractivity contribution in [2.24, 2.45) is 0 Å². The van der Waals surface area contributed by atoms with E-state index in [1.807, 2.05) is 13.0 Å². The SMILES string of the molecule is CCN(Cc1ccccc1)Cc1nc(-c2ccc(F)cc2)oc1C. The maximum absolute atomic E-state index is 13.1. The van der Waals surface area contributed by atoms with Crippen molar-refractivity contribution in [1.82, 2.24) is 9.88 Å². The van der Waals surface area contributed by atoms with Gasteiger partial charge in [0, 0.05) is 18.7 Å². The standard InChI is InChI=1S/C20H21FN2O/c1-3-23(13-16-7-5-4-6-8-16)14-19-15(2)24-20(22-19)17-9-11-18(21)12-10-17/h4-12H,3,13-14H2,1-2H3. The van der Waals surface area contributed by atoms with Crippen LogP contribution in [0.1, 0.15) is 23.9 Å². The number of rotatable bonds is 6. The zero-order valence-electron chi connectivity index (χ0n) is 14.0. The smallest absolute Gasteiger partial charge is 0.226 e. The molecular weight excluding hydrogens is 303 g/mol. The Morgan fingerprint density at radius 2 is 1.71 bits per heavy atom. The molecule has 124 valence electrons. The molecule has 0 unspecified atom stereocenters. The zero-order valence-corrected chi connectivity index (χ0v) is 14.0. The Hall–Kier alpha value is -2.46. The van der Waals surface area contributed by atoms with Crippen LogP contribution in [0, 0.1) is 12.7 Å². The lowest BCUT2D eigenvalue weighted by Crippen LogP contribution is -2.22. The first-order chi connectivity index (χ1) is 11.7. The molecule has 0 aliphatic rings. The van der Waals surface area contributed by atoms with Gasteiger partial charge in [0.15, 0.2) is 0 Å². The number of aromatic nitrogens is 1. The summed E-state index contributed by atoms with van der Waals surface area (Å²) in [5.41, 5.74) is 2.99. The lowest BCUT2D eigenvalue weighted by molar-refractivity contribution is 0.267. The molecule has 3 rings (SSSR count). The van der Waals surface area contributed by atoms with Crippen LogP contribution in [0.5, 0.6) is 0 Å². The van der Waals surface area contributed by atoms with E-state index in [2.05, 4.69) is 41.1 Å². The molecule has 2 aromatic carbocycles. The van der Waals surface area contributed by atoms with Crippen molar-refractivity contribution in [2.45, 2.75) is 26.9 Å². The van der Waals surface area contributed by atoms with Crippen molar-refractivity contribution in [3.8, 4) is 11.5 Å². The molecule has 0 fully saturated rings. The third-order valence-electron chi connectivity index (χ3n) is 4.05. The van der Waals surface area contributed by atoms with Gasteiger partial charge in [-0.15, -0.1) is 0 Å². The molecule has 0 saturated carbocycles. The van der Waals surface area contributed by atoms with Crippen LogP contribution in [0.2, 0.25) is 0 Å². The van der Waals surface area contributed by atoms with E-state index in [1.165, 1.54) is 17.7 Å². The van der Waals surface area contributed by atoms with Gasteiger partial charge in [-0.1, -0.05) is 37.3 Å². The van der Waals surface area contributed by atoms with Gasteiger partial charge in [0.1, 0.15) is 11.6 Å². The molecule has 3 aromatic rings. The average molecular weight is 324 g/mol. The predicted octanol–water partition coefficient (Wildman–Crippen LogP) is 4.81. The highest BCUT2D eigenvalue weighted by molar-refractivity contribution is 5.53. The molecule has 24 heavy (non-hydrogen) atoms. The highest BCUT2D eigenvalue weighted by Gasteiger charge is 2.14. The van der Waals surface area contributed by atoms with Crippen LogP contribution in [0.25, 0.3) is 11.5 Å². The van der Waals surface area contributed by atoms with E-state index in [4.69, 9.17) is 4.42 Å². The van der Waals surface area contributed by atoms with E-state index in [0.717, 1.165) is 36.7 Å². The number of aryl methyl sites for hydroxylation is 1. The van der Waals surface area contributed by atoms with Crippen LogP contribution < -0.4 is 0 Å². The normalized spacial score (nSPS) is 11.2. The lowest BCUT2D eigenvalue weighted by Gasteiger charge is -2.19. The van der Waals surface area contributed by atoms with Crippen molar-refractivity contribution < 1.29 is 8.81 Å². The molecule has 0 radical (unpaired) electrons. The van der Waals surface area contributed by atoms with Gasteiger partial charge in [-0.05, 0) is 43.3 Å². The number of hydrogen-bond acceptors (Lipinski definition) is 3. The number of oxazole rings is 1.